The summed E-state index contributed by atoms with van der Waals surface area (Å²) in [7, 11) is 0. The lowest BCUT2D eigenvalue weighted by Gasteiger charge is -2.07. The van der Waals surface area contributed by atoms with E-state index >= 15 is 0 Å². The summed E-state index contributed by atoms with van der Waals surface area (Å²) in [6.45, 7) is 2.79. The largest absolute Gasteiger partial charge is 0.370 e. The maximum absolute atomic E-state index is 11.0. The van der Waals surface area contributed by atoms with E-state index in [1.807, 2.05) is 6.92 Å². The van der Waals surface area contributed by atoms with Crippen LogP contribution in [0.2, 0.25) is 0 Å². The van der Waals surface area contributed by atoms with Crippen LogP contribution in [-0.2, 0) is 0 Å². The molecule has 2 aromatic rings. The average Bonchev–Trinajstić information content (AvgIpc) is 2.82. The fraction of sp³-hybridized carbons (Fsp3) is 0.273. The van der Waals surface area contributed by atoms with Crippen molar-refractivity contribution in [3.05, 3.63) is 39.1 Å². The number of aromatic nitrogens is 3. The standard InChI is InChI=1S/C11H12BrN5O2/c1-2-5-13-10-4-3-9(17(18)19)11(15-10)16-7-8(12)6-14-16/h3-4,6-7H,2,5H2,1H3,(H,13,15). The van der Waals surface area contributed by atoms with Crippen molar-refractivity contribution in [3.8, 4) is 5.82 Å². The molecule has 0 unspecified atom stereocenters. The van der Waals surface area contributed by atoms with Crippen LogP contribution >= 0.6 is 15.9 Å². The Hall–Kier alpha value is -1.96. The first-order chi connectivity index (χ1) is 9.11. The van der Waals surface area contributed by atoms with Crippen molar-refractivity contribution in [1.82, 2.24) is 14.8 Å². The Bertz CT molecular complexity index is 599. The minimum Gasteiger partial charge on any atom is -0.370 e. The summed E-state index contributed by atoms with van der Waals surface area (Å²) in [6, 6.07) is 3.02. The molecule has 7 nitrogen and oxygen atoms in total. The number of anilines is 1. The quantitative estimate of drug-likeness (QED) is 0.674. The summed E-state index contributed by atoms with van der Waals surface area (Å²) in [5, 5.41) is 18.1. The van der Waals surface area contributed by atoms with Crippen molar-refractivity contribution in [3.63, 3.8) is 0 Å². The zero-order valence-corrected chi connectivity index (χ0v) is 11.8. The van der Waals surface area contributed by atoms with Crippen molar-refractivity contribution in [2.75, 3.05) is 11.9 Å². The fourth-order valence-corrected chi connectivity index (χ4v) is 1.81. The highest BCUT2D eigenvalue weighted by Gasteiger charge is 2.18. The van der Waals surface area contributed by atoms with Gasteiger partial charge in [0.25, 0.3) is 0 Å². The van der Waals surface area contributed by atoms with E-state index in [1.54, 1.807) is 18.5 Å². The van der Waals surface area contributed by atoms with E-state index in [-0.39, 0.29) is 11.5 Å². The smallest absolute Gasteiger partial charge is 0.313 e. The molecular weight excluding hydrogens is 314 g/mol. The van der Waals surface area contributed by atoms with Gasteiger partial charge in [0, 0.05) is 18.8 Å². The minimum atomic E-state index is -0.471. The van der Waals surface area contributed by atoms with Gasteiger partial charge in [-0.3, -0.25) is 10.1 Å². The molecule has 8 heteroatoms. The Morgan fingerprint density at radius 3 is 2.89 bits per heavy atom. The molecule has 0 atom stereocenters. The number of nitrogens with zero attached hydrogens (tertiary/aromatic N) is 4. The number of nitrogens with one attached hydrogen (secondary N) is 1. The Morgan fingerprint density at radius 1 is 1.53 bits per heavy atom. The van der Waals surface area contributed by atoms with E-state index in [2.05, 4.69) is 31.3 Å². The molecule has 0 bridgehead atoms. The van der Waals surface area contributed by atoms with Crippen LogP contribution in [-0.4, -0.2) is 26.2 Å². The Kier molecular flexibility index (Phi) is 4.10. The van der Waals surface area contributed by atoms with Gasteiger partial charge in [-0.2, -0.15) is 5.10 Å². The third kappa shape index (κ3) is 3.08. The molecule has 0 aliphatic carbocycles. The molecule has 19 heavy (non-hydrogen) atoms. The van der Waals surface area contributed by atoms with Crippen molar-refractivity contribution >= 4 is 27.4 Å². The number of nitro groups is 1. The Balaban J connectivity index is 2.44. The van der Waals surface area contributed by atoms with E-state index in [1.165, 1.54) is 10.7 Å². The molecule has 2 rings (SSSR count). The number of hydrogen-bond acceptors (Lipinski definition) is 5. The van der Waals surface area contributed by atoms with Gasteiger partial charge in [0.1, 0.15) is 5.82 Å². The zero-order valence-electron chi connectivity index (χ0n) is 10.2. The molecule has 0 fully saturated rings. The highest BCUT2D eigenvalue weighted by molar-refractivity contribution is 9.10. The van der Waals surface area contributed by atoms with Crippen molar-refractivity contribution in [2.45, 2.75) is 13.3 Å². The summed E-state index contributed by atoms with van der Waals surface area (Å²) in [5.41, 5.74) is -0.0855. The molecule has 2 heterocycles. The first-order valence-electron chi connectivity index (χ1n) is 5.71. The van der Waals surface area contributed by atoms with Crippen LogP contribution < -0.4 is 5.32 Å². The van der Waals surface area contributed by atoms with E-state index in [9.17, 15) is 10.1 Å². The second-order valence-electron chi connectivity index (χ2n) is 3.83. The van der Waals surface area contributed by atoms with Gasteiger partial charge < -0.3 is 5.32 Å². The topological polar surface area (TPSA) is 85.9 Å². The number of pyridine rings is 1. The first kappa shape index (κ1) is 13.5. The van der Waals surface area contributed by atoms with E-state index in [0.717, 1.165) is 17.4 Å². The van der Waals surface area contributed by atoms with Crippen LogP contribution in [0.1, 0.15) is 13.3 Å². The van der Waals surface area contributed by atoms with Crippen LogP contribution in [0, 0.1) is 10.1 Å². The lowest BCUT2D eigenvalue weighted by atomic mass is 10.3. The highest BCUT2D eigenvalue weighted by atomic mass is 79.9. The molecule has 1 N–H and O–H groups in total. The summed E-state index contributed by atoms with van der Waals surface area (Å²) in [4.78, 5) is 14.8. The molecule has 0 saturated carbocycles. The lowest BCUT2D eigenvalue weighted by molar-refractivity contribution is -0.384. The normalized spacial score (nSPS) is 10.4. The molecule has 0 amide bonds. The predicted octanol–water partition coefficient (Wildman–Crippen LogP) is 2.76. The van der Waals surface area contributed by atoms with Gasteiger partial charge in [-0.25, -0.2) is 9.67 Å². The third-order valence-electron chi connectivity index (χ3n) is 2.38. The molecule has 100 valence electrons. The molecule has 0 saturated heterocycles. The number of rotatable bonds is 5. The monoisotopic (exact) mass is 325 g/mol. The third-order valence-corrected chi connectivity index (χ3v) is 2.78. The predicted molar refractivity (Wildman–Crippen MR) is 74.5 cm³/mol. The van der Waals surface area contributed by atoms with Gasteiger partial charge in [0.2, 0.25) is 5.82 Å². The minimum absolute atomic E-state index is 0.0855. The van der Waals surface area contributed by atoms with Gasteiger partial charge in [0.15, 0.2) is 0 Å². The van der Waals surface area contributed by atoms with Crippen LogP contribution in [0.3, 0.4) is 0 Å². The van der Waals surface area contributed by atoms with Crippen LogP contribution in [0.5, 0.6) is 0 Å². The van der Waals surface area contributed by atoms with E-state index in [0.29, 0.717) is 5.82 Å². The second kappa shape index (κ2) is 5.79. The summed E-state index contributed by atoms with van der Waals surface area (Å²) in [5.74, 6) is 0.783. The fourth-order valence-electron chi connectivity index (χ4n) is 1.52. The maximum atomic E-state index is 11.0. The van der Waals surface area contributed by atoms with E-state index < -0.39 is 4.92 Å². The van der Waals surface area contributed by atoms with Crippen molar-refractivity contribution in [1.29, 1.82) is 0 Å². The molecule has 0 aliphatic rings. The summed E-state index contributed by atoms with van der Waals surface area (Å²) < 4.78 is 2.11. The molecular formula is C11H12BrN5O2. The van der Waals surface area contributed by atoms with Crippen LogP contribution in [0.25, 0.3) is 5.82 Å². The molecule has 0 aromatic carbocycles. The van der Waals surface area contributed by atoms with Crippen molar-refractivity contribution in [2.24, 2.45) is 0 Å². The summed E-state index contributed by atoms with van der Waals surface area (Å²) >= 11 is 3.25. The number of hydrogen-bond donors (Lipinski definition) is 1. The lowest BCUT2D eigenvalue weighted by Crippen LogP contribution is -2.07. The van der Waals surface area contributed by atoms with Gasteiger partial charge in [-0.15, -0.1) is 0 Å². The van der Waals surface area contributed by atoms with E-state index in [4.69, 9.17) is 0 Å². The highest BCUT2D eigenvalue weighted by Crippen LogP contribution is 2.23. The first-order valence-corrected chi connectivity index (χ1v) is 6.51. The van der Waals surface area contributed by atoms with Gasteiger partial charge in [0.05, 0.1) is 15.6 Å². The van der Waals surface area contributed by atoms with Crippen LogP contribution in [0.15, 0.2) is 29.0 Å². The Morgan fingerprint density at radius 2 is 2.32 bits per heavy atom. The van der Waals surface area contributed by atoms with Gasteiger partial charge >= 0.3 is 5.69 Å². The average molecular weight is 326 g/mol. The molecule has 0 radical (unpaired) electrons. The molecule has 0 spiro atoms. The summed E-state index contributed by atoms with van der Waals surface area (Å²) in [6.07, 6.45) is 4.12. The van der Waals surface area contributed by atoms with Crippen molar-refractivity contribution < 1.29 is 4.92 Å². The SMILES string of the molecule is CCCNc1ccc([N+](=O)[O-])c(-n2cc(Br)cn2)n1. The van der Waals surface area contributed by atoms with Crippen LogP contribution in [0.4, 0.5) is 11.5 Å². The second-order valence-corrected chi connectivity index (χ2v) is 4.74. The zero-order chi connectivity index (χ0) is 13.8. The number of halogens is 1. The van der Waals surface area contributed by atoms with Gasteiger partial charge in [-0.05, 0) is 28.4 Å². The molecule has 0 aliphatic heterocycles. The maximum Gasteiger partial charge on any atom is 0.313 e. The Labute approximate surface area is 117 Å². The molecule has 2 aromatic heterocycles. The van der Waals surface area contributed by atoms with Gasteiger partial charge in [-0.1, -0.05) is 6.92 Å².